The Morgan fingerprint density at radius 2 is 2.43 bits per heavy atom. The first-order chi connectivity index (χ1) is 6.76. The van der Waals surface area contributed by atoms with E-state index in [0.717, 1.165) is 0 Å². The van der Waals surface area contributed by atoms with Crippen LogP contribution in [-0.4, -0.2) is 33.8 Å². The van der Waals surface area contributed by atoms with E-state index < -0.39 is 0 Å². The summed E-state index contributed by atoms with van der Waals surface area (Å²) in [7, 11) is 0. The summed E-state index contributed by atoms with van der Waals surface area (Å²) >= 11 is 6.63. The van der Waals surface area contributed by atoms with E-state index in [9.17, 15) is 4.79 Å². The number of hydrogen-bond acceptors (Lipinski definition) is 3. The zero-order valence-electron chi connectivity index (χ0n) is 8.62. The molecule has 1 rings (SSSR count). The normalized spacial score (nSPS) is 9.14. The fourth-order valence-electron chi connectivity index (χ4n) is 0.772. The number of nitrogens with zero attached hydrogens (tertiary/aromatic N) is 1. The maximum atomic E-state index is 10.8. The number of hydrogen-bond donors (Lipinski definition) is 0. The van der Waals surface area contributed by atoms with Crippen molar-refractivity contribution in [2.24, 2.45) is 0 Å². The number of thiazole rings is 1. The molecule has 0 aliphatic carbocycles. The zero-order chi connectivity index (χ0) is 10.8. The number of alkyl halides is 1. The van der Waals surface area contributed by atoms with Gasteiger partial charge in [-0.1, -0.05) is 15.9 Å². The number of ketones is 1. The molecule has 14 heavy (non-hydrogen) atoms. The molecule has 0 amide bonds. The second kappa shape index (κ2) is 9.91. The Hall–Kier alpha value is 0.377. The Morgan fingerprint density at radius 3 is 2.71 bits per heavy atom. The van der Waals surface area contributed by atoms with E-state index in [1.807, 2.05) is 0 Å². The molecule has 0 radical (unpaired) electrons. The van der Waals surface area contributed by atoms with Crippen molar-refractivity contribution in [3.8, 4) is 0 Å². The Balaban J connectivity index is 0.000000292. The van der Waals surface area contributed by atoms with E-state index >= 15 is 0 Å². The van der Waals surface area contributed by atoms with E-state index in [1.54, 1.807) is 11.6 Å². The van der Waals surface area contributed by atoms with Crippen molar-refractivity contribution in [1.82, 2.24) is 4.98 Å². The number of halogens is 1. The van der Waals surface area contributed by atoms with Gasteiger partial charge in [-0.2, -0.15) is 0 Å². The molecule has 0 saturated carbocycles. The van der Waals surface area contributed by atoms with Crippen molar-refractivity contribution >= 4 is 50.8 Å². The van der Waals surface area contributed by atoms with Crippen molar-refractivity contribution < 1.29 is 4.79 Å². The molecular formula is C9H13BrLiNOS. The second-order valence-electron chi connectivity index (χ2n) is 2.75. The van der Waals surface area contributed by atoms with E-state index in [4.69, 9.17) is 0 Å². The minimum atomic E-state index is 0.0463. The Bertz CT molecular complexity index is 239. The standard InChI is InChI=1S/C5H4BrNOS.C4H9.Li/c6-3-4(8)5-7-1-2-9-5;1-3-4-2;/h1-2H,3H2;1,3-4H2,2H3;. The van der Waals surface area contributed by atoms with Crippen molar-refractivity contribution in [2.75, 3.05) is 5.33 Å². The predicted octanol–water partition coefficient (Wildman–Crippen LogP) is 3.09. The van der Waals surface area contributed by atoms with Gasteiger partial charge in [0.1, 0.15) is 0 Å². The number of carbonyl (C=O) groups is 1. The zero-order valence-corrected chi connectivity index (χ0v) is 11.0. The van der Waals surface area contributed by atoms with Crippen LogP contribution in [0.3, 0.4) is 0 Å². The number of rotatable bonds is 4. The van der Waals surface area contributed by atoms with E-state index in [2.05, 4.69) is 45.6 Å². The molecule has 0 unspecified atom stereocenters. The molecule has 0 spiro atoms. The first kappa shape index (κ1) is 14.4. The average Bonchev–Trinajstić information content (AvgIpc) is 2.72. The molecule has 1 aromatic heterocycles. The summed E-state index contributed by atoms with van der Waals surface area (Å²) in [6.45, 7) is 2.21. The topological polar surface area (TPSA) is 30.0 Å². The third-order valence-corrected chi connectivity index (χ3v) is 2.82. The van der Waals surface area contributed by atoms with Crippen LogP contribution >= 0.6 is 27.3 Å². The van der Waals surface area contributed by atoms with Crippen LogP contribution in [0.2, 0.25) is 5.09 Å². The molecule has 0 aliphatic heterocycles. The van der Waals surface area contributed by atoms with Crippen LogP contribution in [0, 0.1) is 0 Å². The monoisotopic (exact) mass is 269 g/mol. The number of unbranched alkanes of at least 4 members (excludes halogenated alkanes) is 1. The van der Waals surface area contributed by atoms with Crippen molar-refractivity contribution in [1.29, 1.82) is 0 Å². The quantitative estimate of drug-likeness (QED) is 0.478. The maximum absolute atomic E-state index is 10.8. The average molecular weight is 270 g/mol. The van der Waals surface area contributed by atoms with E-state index in [0.29, 0.717) is 10.3 Å². The summed E-state index contributed by atoms with van der Waals surface area (Å²) in [6.07, 6.45) is 4.36. The van der Waals surface area contributed by atoms with Gasteiger partial charge in [0.2, 0.25) is 5.78 Å². The van der Waals surface area contributed by atoms with Gasteiger partial charge in [-0.3, -0.25) is 4.79 Å². The van der Waals surface area contributed by atoms with Gasteiger partial charge in [0, 0.05) is 11.6 Å². The molecule has 1 aromatic rings. The molecule has 2 nitrogen and oxygen atoms in total. The summed E-state index contributed by atoms with van der Waals surface area (Å²) in [5.41, 5.74) is 0. The third-order valence-electron chi connectivity index (χ3n) is 1.50. The van der Waals surface area contributed by atoms with Crippen LogP contribution in [0.5, 0.6) is 0 Å². The Kier molecular flexibility index (Phi) is 10.2. The summed E-state index contributed by atoms with van der Waals surface area (Å²) in [5.74, 6) is 0.0463. The van der Waals surface area contributed by atoms with Crippen LogP contribution in [0.25, 0.3) is 0 Å². The van der Waals surface area contributed by atoms with Crippen molar-refractivity contribution in [3.63, 3.8) is 0 Å². The first-order valence-corrected chi connectivity index (χ1v) is 6.75. The fourth-order valence-corrected chi connectivity index (χ4v) is 1.80. The molecule has 0 aliphatic rings. The van der Waals surface area contributed by atoms with Gasteiger partial charge in [0.05, 0.1) is 5.33 Å². The van der Waals surface area contributed by atoms with Crippen LogP contribution < -0.4 is 0 Å². The molecule has 0 atom stereocenters. The van der Waals surface area contributed by atoms with E-state index in [-0.39, 0.29) is 5.78 Å². The fraction of sp³-hybridized carbons (Fsp3) is 0.556. The molecule has 0 saturated heterocycles. The van der Waals surface area contributed by atoms with Crippen molar-refractivity contribution in [3.05, 3.63) is 16.6 Å². The van der Waals surface area contributed by atoms with Crippen molar-refractivity contribution in [2.45, 2.75) is 24.9 Å². The van der Waals surface area contributed by atoms with Gasteiger partial charge in [0.25, 0.3) is 0 Å². The second-order valence-corrected chi connectivity index (χ2v) is 4.20. The summed E-state index contributed by atoms with van der Waals surface area (Å²) in [5, 5.41) is 4.07. The SMILES string of the molecule is O=C(CBr)c1nccs1.[Li][CH2]CCC. The van der Waals surface area contributed by atoms with Gasteiger partial charge >= 0.3 is 42.6 Å². The minimum absolute atomic E-state index is 0.0463. The first-order valence-electron chi connectivity index (χ1n) is 4.74. The number of carbonyl (C=O) groups excluding carboxylic acids is 1. The molecule has 74 valence electrons. The summed E-state index contributed by atoms with van der Waals surface area (Å²) < 4.78 is 0. The molecular weight excluding hydrogens is 257 g/mol. The van der Waals surface area contributed by atoms with Gasteiger partial charge in [-0.05, 0) is 0 Å². The van der Waals surface area contributed by atoms with Crippen LogP contribution in [0.15, 0.2) is 11.6 Å². The Labute approximate surface area is 107 Å². The summed E-state index contributed by atoms with van der Waals surface area (Å²) in [4.78, 5) is 14.6. The molecule has 0 bridgehead atoms. The molecule has 0 fully saturated rings. The van der Waals surface area contributed by atoms with Gasteiger partial charge in [-0.25, -0.2) is 4.98 Å². The van der Waals surface area contributed by atoms with Crippen LogP contribution in [-0.2, 0) is 0 Å². The van der Waals surface area contributed by atoms with Crippen LogP contribution in [0.4, 0.5) is 0 Å². The van der Waals surface area contributed by atoms with Gasteiger partial charge in [0.15, 0.2) is 5.01 Å². The number of aromatic nitrogens is 1. The molecule has 5 heteroatoms. The molecule has 0 N–H and O–H groups in total. The van der Waals surface area contributed by atoms with Gasteiger partial charge in [-0.15, -0.1) is 11.3 Å². The Morgan fingerprint density at radius 1 is 1.71 bits per heavy atom. The summed E-state index contributed by atoms with van der Waals surface area (Å²) in [6, 6.07) is 0. The number of Topliss-reactive ketones (excluding diaryl/α,β-unsaturated/α-hetero) is 1. The molecule has 1 heterocycles. The predicted molar refractivity (Wildman–Crippen MR) is 65.7 cm³/mol. The van der Waals surface area contributed by atoms with E-state index in [1.165, 1.54) is 29.3 Å². The molecule has 0 aromatic carbocycles. The third kappa shape index (κ3) is 6.78. The van der Waals surface area contributed by atoms with Crippen LogP contribution in [0.1, 0.15) is 29.6 Å². The van der Waals surface area contributed by atoms with Gasteiger partial charge < -0.3 is 0 Å².